The maximum atomic E-state index is 10.4. The van der Waals surface area contributed by atoms with E-state index in [1.54, 1.807) is 12.1 Å². The number of hydrogen-bond acceptors (Lipinski definition) is 3. The largest absolute Gasteiger partial charge is 0.744 e. The summed E-state index contributed by atoms with van der Waals surface area (Å²) in [6, 6.07) is 5.78. The first-order valence-corrected chi connectivity index (χ1v) is 12.0. The van der Waals surface area contributed by atoms with Gasteiger partial charge in [0.1, 0.15) is 10.1 Å². The molecule has 6 heteroatoms. The number of quaternary nitrogens is 1. The maximum absolute atomic E-state index is 10.4. The van der Waals surface area contributed by atoms with Crippen LogP contribution >= 0.6 is 11.6 Å². The summed E-state index contributed by atoms with van der Waals surface area (Å²) in [5.41, 5.74) is 0.928. The average Bonchev–Trinajstić information content (AvgIpc) is 2.59. The van der Waals surface area contributed by atoms with Gasteiger partial charge in [-0.3, -0.25) is 0 Å². The number of alkyl halides is 1. The first-order chi connectivity index (χ1) is 12.6. The van der Waals surface area contributed by atoms with Crippen molar-refractivity contribution in [2.75, 3.05) is 33.1 Å². The molecule has 0 aromatic heterocycles. The van der Waals surface area contributed by atoms with Gasteiger partial charge in [0.2, 0.25) is 0 Å². The summed E-state index contributed by atoms with van der Waals surface area (Å²) in [7, 11) is 0.377. The molecular formula is C21H38ClNO3S. The van der Waals surface area contributed by atoms with Crippen LogP contribution in [-0.4, -0.2) is 50.5 Å². The summed E-state index contributed by atoms with van der Waals surface area (Å²) in [5.74, 6) is 0.804. The lowest BCUT2D eigenvalue weighted by Gasteiger charge is -2.29. The number of nitrogens with zero attached hydrogens (tertiary/aromatic N) is 1. The van der Waals surface area contributed by atoms with E-state index in [2.05, 4.69) is 21.0 Å². The van der Waals surface area contributed by atoms with E-state index in [0.29, 0.717) is 0 Å². The van der Waals surface area contributed by atoms with E-state index in [1.165, 1.54) is 70.2 Å². The molecule has 0 amide bonds. The Labute approximate surface area is 172 Å². The summed E-state index contributed by atoms with van der Waals surface area (Å²) in [6.45, 7) is 6.63. The molecule has 4 nitrogen and oxygen atoms in total. The van der Waals surface area contributed by atoms with Crippen LogP contribution in [0.25, 0.3) is 0 Å². The molecule has 0 aliphatic heterocycles. The highest BCUT2D eigenvalue weighted by atomic mass is 35.5. The fraction of sp³-hybridized carbons (Fsp3) is 0.714. The molecule has 1 rings (SSSR count). The lowest BCUT2D eigenvalue weighted by Crippen LogP contribution is -2.41. The molecule has 1 aromatic carbocycles. The summed E-state index contributed by atoms with van der Waals surface area (Å²) in [6.07, 6.45) is 11.0. The second-order valence-corrected chi connectivity index (χ2v) is 9.57. The van der Waals surface area contributed by atoms with Gasteiger partial charge < -0.3 is 9.04 Å². The van der Waals surface area contributed by atoms with Crippen LogP contribution in [0.15, 0.2) is 29.2 Å². The molecule has 0 unspecified atom stereocenters. The Bertz CT molecular complexity index is 586. The van der Waals surface area contributed by atoms with Crippen LogP contribution in [0.2, 0.25) is 0 Å². The highest BCUT2D eigenvalue weighted by Crippen LogP contribution is 2.10. The summed E-state index contributed by atoms with van der Waals surface area (Å²) in [5, 5.41) is 0. The van der Waals surface area contributed by atoms with E-state index in [-0.39, 0.29) is 4.90 Å². The van der Waals surface area contributed by atoms with E-state index in [1.807, 2.05) is 6.92 Å². The van der Waals surface area contributed by atoms with Gasteiger partial charge in [0.15, 0.2) is 0 Å². The summed E-state index contributed by atoms with van der Waals surface area (Å²) in [4.78, 5) is -0.178. The molecule has 0 heterocycles. The second-order valence-electron chi connectivity index (χ2n) is 7.81. The number of halogens is 1. The fourth-order valence-electron chi connectivity index (χ4n) is 2.80. The van der Waals surface area contributed by atoms with Crippen molar-refractivity contribution in [1.82, 2.24) is 0 Å². The topological polar surface area (TPSA) is 57.2 Å². The molecule has 0 saturated heterocycles. The van der Waals surface area contributed by atoms with E-state index in [0.717, 1.165) is 22.3 Å². The molecule has 158 valence electrons. The molecule has 0 saturated carbocycles. The van der Waals surface area contributed by atoms with Crippen molar-refractivity contribution in [3.8, 4) is 0 Å². The number of hydrogen-bond donors (Lipinski definition) is 0. The van der Waals surface area contributed by atoms with Crippen molar-refractivity contribution in [3.05, 3.63) is 29.8 Å². The predicted molar refractivity (Wildman–Crippen MR) is 114 cm³/mol. The van der Waals surface area contributed by atoms with Crippen molar-refractivity contribution in [2.45, 2.75) is 70.1 Å². The van der Waals surface area contributed by atoms with Crippen molar-refractivity contribution >= 4 is 21.7 Å². The minimum absolute atomic E-state index is 0.178. The minimum Gasteiger partial charge on any atom is -0.744 e. The number of aryl methyl sites for hydroxylation is 1. The Hall–Kier alpha value is -0.620. The molecule has 27 heavy (non-hydrogen) atoms. The minimum atomic E-state index is -4.27. The quantitative estimate of drug-likeness (QED) is 0.199. The number of benzene rings is 1. The van der Waals surface area contributed by atoms with Crippen LogP contribution in [0.5, 0.6) is 0 Å². The molecule has 0 bridgehead atoms. The van der Waals surface area contributed by atoms with Gasteiger partial charge in [-0.25, -0.2) is 8.42 Å². The van der Waals surface area contributed by atoms with Gasteiger partial charge >= 0.3 is 0 Å². The van der Waals surface area contributed by atoms with Crippen molar-refractivity contribution in [3.63, 3.8) is 0 Å². The molecule has 0 N–H and O–H groups in total. The summed E-state index contributed by atoms with van der Waals surface area (Å²) >= 11 is 5.73. The third-order valence-corrected chi connectivity index (χ3v) is 5.69. The van der Waals surface area contributed by atoms with Gasteiger partial charge in [0.05, 0.1) is 32.1 Å². The normalized spacial score (nSPS) is 11.8. The van der Waals surface area contributed by atoms with Gasteiger partial charge in [-0.1, -0.05) is 56.7 Å². The van der Waals surface area contributed by atoms with E-state index < -0.39 is 10.1 Å². The molecular weight excluding hydrogens is 382 g/mol. The highest BCUT2D eigenvalue weighted by molar-refractivity contribution is 7.85. The Kier molecular flexibility index (Phi) is 14.1. The van der Waals surface area contributed by atoms with Gasteiger partial charge in [0.25, 0.3) is 0 Å². The van der Waals surface area contributed by atoms with Crippen molar-refractivity contribution < 1.29 is 17.5 Å². The number of rotatable bonds is 12. The van der Waals surface area contributed by atoms with Crippen molar-refractivity contribution in [2.24, 2.45) is 0 Å². The van der Waals surface area contributed by atoms with Gasteiger partial charge in [-0.15, -0.1) is 11.6 Å². The molecule has 1 aromatic rings. The lowest BCUT2D eigenvalue weighted by atomic mass is 10.1. The average molecular weight is 420 g/mol. The summed E-state index contributed by atoms with van der Waals surface area (Å²) < 4.78 is 32.3. The molecule has 0 aliphatic rings. The van der Waals surface area contributed by atoms with E-state index >= 15 is 0 Å². The number of unbranched alkanes of at least 4 members (excludes halogenated alkanes) is 6. The van der Waals surface area contributed by atoms with Crippen LogP contribution in [0.3, 0.4) is 0 Å². The second kappa shape index (κ2) is 14.4. The third kappa shape index (κ3) is 15.0. The van der Waals surface area contributed by atoms with Gasteiger partial charge in [-0.05, 0) is 31.9 Å². The van der Waals surface area contributed by atoms with Crippen LogP contribution in [0.4, 0.5) is 0 Å². The zero-order chi connectivity index (χ0) is 20.8. The molecule has 0 radical (unpaired) electrons. The molecule has 0 fully saturated rings. The monoisotopic (exact) mass is 419 g/mol. The standard InChI is InChI=1S/C14H31ClN.C7H8O3S/c1-4-5-6-7-8-9-10-13-16(2,3)14-11-12-15;1-6-2-4-7(5-3-6)11(8,9)10/h4-14H2,1-3H3;2-5H,1H3,(H,8,9,10)/q+1;/p-1. The highest BCUT2D eigenvalue weighted by Gasteiger charge is 2.12. The van der Waals surface area contributed by atoms with E-state index in [9.17, 15) is 13.0 Å². The first kappa shape index (κ1) is 26.4. The Morgan fingerprint density at radius 1 is 0.889 bits per heavy atom. The van der Waals surface area contributed by atoms with Gasteiger partial charge in [0, 0.05) is 12.3 Å². The Morgan fingerprint density at radius 2 is 1.37 bits per heavy atom. The zero-order valence-corrected chi connectivity index (χ0v) is 19.1. The zero-order valence-electron chi connectivity index (χ0n) is 17.5. The predicted octanol–water partition coefficient (Wildman–Crippen LogP) is 5.34. The van der Waals surface area contributed by atoms with Crippen molar-refractivity contribution in [1.29, 1.82) is 0 Å². The Morgan fingerprint density at radius 3 is 1.85 bits per heavy atom. The van der Waals surface area contributed by atoms with Gasteiger partial charge in [-0.2, -0.15) is 0 Å². The van der Waals surface area contributed by atoms with Crippen LogP contribution in [0.1, 0.15) is 63.9 Å². The smallest absolute Gasteiger partial charge is 0.124 e. The molecule has 0 atom stereocenters. The third-order valence-electron chi connectivity index (χ3n) is 4.57. The molecule has 0 spiro atoms. The SMILES string of the molecule is CCCCCCCCC[N+](C)(C)CCCCl.Cc1ccc(S(=O)(=O)[O-])cc1. The van der Waals surface area contributed by atoms with E-state index in [4.69, 9.17) is 11.6 Å². The lowest BCUT2D eigenvalue weighted by molar-refractivity contribution is -0.890. The van der Waals surface area contributed by atoms with Crippen LogP contribution < -0.4 is 0 Å². The van der Waals surface area contributed by atoms with Crippen LogP contribution in [0, 0.1) is 6.92 Å². The fourth-order valence-corrected chi connectivity index (χ4v) is 3.39. The first-order valence-electron chi connectivity index (χ1n) is 10.0. The van der Waals surface area contributed by atoms with Crippen LogP contribution in [-0.2, 0) is 10.1 Å². The Balaban J connectivity index is 0.000000533. The molecule has 0 aliphatic carbocycles. The maximum Gasteiger partial charge on any atom is 0.124 e.